The molecule has 0 radical (unpaired) electrons. The predicted octanol–water partition coefficient (Wildman–Crippen LogP) is 1.69. The molecule has 0 bridgehead atoms. The van der Waals surface area contributed by atoms with E-state index in [1.165, 1.54) is 7.11 Å². The monoisotopic (exact) mass is 172 g/mol. The van der Waals surface area contributed by atoms with E-state index in [1.807, 2.05) is 6.92 Å². The van der Waals surface area contributed by atoms with Crippen molar-refractivity contribution < 1.29 is 13.9 Å². The van der Waals surface area contributed by atoms with Crippen molar-refractivity contribution in [3.63, 3.8) is 0 Å². The Labute approximate surface area is 71.1 Å². The Bertz CT molecular complexity index is 225. The Morgan fingerprint density at radius 1 is 1.58 bits per heavy atom. The van der Waals surface area contributed by atoms with Gasteiger partial charge < -0.3 is 4.74 Å². The zero-order valence-corrected chi connectivity index (χ0v) is 7.39. The Morgan fingerprint density at radius 2 is 2.25 bits per heavy atom. The molecule has 2 aliphatic rings. The number of hydrogen-bond acceptors (Lipinski definition) is 2. The minimum absolute atomic E-state index is 0.375. The van der Waals surface area contributed by atoms with Crippen molar-refractivity contribution in [1.29, 1.82) is 0 Å². The van der Waals surface area contributed by atoms with Crippen LogP contribution in [0.15, 0.2) is 0 Å². The second-order valence-corrected chi connectivity index (χ2v) is 4.09. The number of rotatable bonds is 1. The summed E-state index contributed by atoms with van der Waals surface area (Å²) in [4.78, 5) is 11.1. The molecule has 68 valence electrons. The number of carbonyl (C=O) groups excluding carboxylic acids is 1. The van der Waals surface area contributed by atoms with E-state index in [1.54, 1.807) is 0 Å². The summed E-state index contributed by atoms with van der Waals surface area (Å²) in [7, 11) is 1.32. The predicted molar refractivity (Wildman–Crippen MR) is 41.3 cm³/mol. The SMILES string of the molecule is COC(=O)[C@H]1[C@]2(F)CCC[C@]12C. The Hall–Kier alpha value is -0.600. The fourth-order valence-corrected chi connectivity index (χ4v) is 2.77. The number of methoxy groups -OCH3 is 1. The highest BCUT2D eigenvalue weighted by atomic mass is 19.1. The van der Waals surface area contributed by atoms with Gasteiger partial charge in [0.1, 0.15) is 5.67 Å². The van der Waals surface area contributed by atoms with Gasteiger partial charge in [0.05, 0.1) is 13.0 Å². The van der Waals surface area contributed by atoms with E-state index in [0.717, 1.165) is 12.8 Å². The van der Waals surface area contributed by atoms with Crippen LogP contribution in [0, 0.1) is 11.3 Å². The van der Waals surface area contributed by atoms with Crippen LogP contribution in [0.3, 0.4) is 0 Å². The van der Waals surface area contributed by atoms with Gasteiger partial charge >= 0.3 is 5.97 Å². The molecule has 2 fully saturated rings. The first kappa shape index (κ1) is 8.02. The molecule has 0 spiro atoms. The van der Waals surface area contributed by atoms with E-state index < -0.39 is 17.0 Å². The summed E-state index contributed by atoms with van der Waals surface area (Å²) in [6.45, 7) is 1.85. The lowest BCUT2D eigenvalue weighted by molar-refractivity contribution is -0.144. The van der Waals surface area contributed by atoms with Gasteiger partial charge in [-0.25, -0.2) is 4.39 Å². The first-order chi connectivity index (χ1) is 5.56. The van der Waals surface area contributed by atoms with Gasteiger partial charge in [-0.15, -0.1) is 0 Å². The lowest BCUT2D eigenvalue weighted by atomic mass is 10.0. The van der Waals surface area contributed by atoms with Crippen molar-refractivity contribution in [2.24, 2.45) is 11.3 Å². The molecule has 0 aromatic carbocycles. The number of alkyl halides is 1. The first-order valence-corrected chi connectivity index (χ1v) is 4.33. The quantitative estimate of drug-likeness (QED) is 0.562. The lowest BCUT2D eigenvalue weighted by Gasteiger charge is -2.04. The molecule has 0 amide bonds. The molecule has 3 heteroatoms. The van der Waals surface area contributed by atoms with Gasteiger partial charge in [-0.2, -0.15) is 0 Å². The molecule has 0 aromatic heterocycles. The van der Waals surface area contributed by atoms with E-state index in [2.05, 4.69) is 4.74 Å². The maximum Gasteiger partial charge on any atom is 0.312 e. The third kappa shape index (κ3) is 0.632. The Balaban J connectivity index is 2.20. The van der Waals surface area contributed by atoms with Crippen LogP contribution in [-0.2, 0) is 9.53 Å². The van der Waals surface area contributed by atoms with E-state index in [-0.39, 0.29) is 5.97 Å². The molecule has 0 aliphatic heterocycles. The highest BCUT2D eigenvalue weighted by Gasteiger charge is 2.80. The summed E-state index contributed by atoms with van der Waals surface area (Å²) in [6, 6.07) is 0. The van der Waals surface area contributed by atoms with Gasteiger partial charge in [-0.1, -0.05) is 6.92 Å². The van der Waals surface area contributed by atoms with Crippen molar-refractivity contribution in [3.8, 4) is 0 Å². The van der Waals surface area contributed by atoms with Crippen molar-refractivity contribution in [2.45, 2.75) is 31.9 Å². The van der Waals surface area contributed by atoms with Gasteiger partial charge in [0.2, 0.25) is 0 Å². The van der Waals surface area contributed by atoms with Crippen molar-refractivity contribution in [3.05, 3.63) is 0 Å². The van der Waals surface area contributed by atoms with E-state index in [4.69, 9.17) is 0 Å². The molecule has 2 nitrogen and oxygen atoms in total. The summed E-state index contributed by atoms with van der Waals surface area (Å²) in [5, 5.41) is 0. The number of carbonyl (C=O) groups is 1. The minimum Gasteiger partial charge on any atom is -0.469 e. The molecule has 0 heterocycles. The number of esters is 1. The summed E-state index contributed by atoms with van der Waals surface area (Å²) in [5.41, 5.74) is -1.64. The van der Waals surface area contributed by atoms with Gasteiger partial charge in [0, 0.05) is 5.41 Å². The van der Waals surface area contributed by atoms with E-state index in [0.29, 0.717) is 6.42 Å². The minimum atomic E-state index is -1.24. The van der Waals surface area contributed by atoms with Gasteiger partial charge in [0.15, 0.2) is 0 Å². The van der Waals surface area contributed by atoms with E-state index in [9.17, 15) is 9.18 Å². The van der Waals surface area contributed by atoms with E-state index >= 15 is 0 Å². The molecule has 2 saturated carbocycles. The average Bonchev–Trinajstić information content (AvgIpc) is 2.30. The fraction of sp³-hybridized carbons (Fsp3) is 0.889. The molecule has 0 unspecified atom stereocenters. The molecule has 2 rings (SSSR count). The third-order valence-corrected chi connectivity index (χ3v) is 3.63. The zero-order chi connectivity index (χ0) is 8.98. The lowest BCUT2D eigenvalue weighted by Crippen LogP contribution is -2.13. The van der Waals surface area contributed by atoms with Crippen LogP contribution >= 0.6 is 0 Å². The number of halogens is 1. The maximum absolute atomic E-state index is 13.9. The second kappa shape index (κ2) is 2.01. The van der Waals surface area contributed by atoms with Crippen LogP contribution in [0.2, 0.25) is 0 Å². The fourth-order valence-electron chi connectivity index (χ4n) is 2.77. The summed E-state index contributed by atoms with van der Waals surface area (Å²) >= 11 is 0. The number of ether oxygens (including phenoxy) is 1. The highest BCUT2D eigenvalue weighted by Crippen LogP contribution is 2.73. The molecular formula is C9H13FO2. The largest absolute Gasteiger partial charge is 0.469 e. The van der Waals surface area contributed by atoms with Crippen molar-refractivity contribution in [1.82, 2.24) is 0 Å². The molecule has 0 aromatic rings. The Kier molecular flexibility index (Phi) is 1.34. The third-order valence-electron chi connectivity index (χ3n) is 3.63. The average molecular weight is 172 g/mol. The summed E-state index contributed by atoms with van der Waals surface area (Å²) < 4.78 is 18.4. The van der Waals surface area contributed by atoms with Gasteiger partial charge in [0.25, 0.3) is 0 Å². The maximum atomic E-state index is 13.9. The molecule has 12 heavy (non-hydrogen) atoms. The smallest absolute Gasteiger partial charge is 0.312 e. The van der Waals surface area contributed by atoms with Crippen molar-refractivity contribution in [2.75, 3.05) is 7.11 Å². The van der Waals surface area contributed by atoms with Gasteiger partial charge in [-0.05, 0) is 19.3 Å². The summed E-state index contributed by atoms with van der Waals surface area (Å²) in [5.74, 6) is -0.858. The molecule has 3 atom stereocenters. The second-order valence-electron chi connectivity index (χ2n) is 4.09. The van der Waals surface area contributed by atoms with Crippen LogP contribution in [0.4, 0.5) is 4.39 Å². The normalized spacial score (nSPS) is 50.1. The molecule has 0 saturated heterocycles. The summed E-state index contributed by atoms with van der Waals surface area (Å²) in [6.07, 6.45) is 2.26. The van der Waals surface area contributed by atoms with Crippen LogP contribution in [0.5, 0.6) is 0 Å². The van der Waals surface area contributed by atoms with Crippen LogP contribution in [0.25, 0.3) is 0 Å². The van der Waals surface area contributed by atoms with Crippen LogP contribution in [0.1, 0.15) is 26.2 Å². The standard InChI is InChI=1S/C9H13FO2/c1-8-4-3-5-9(8,10)6(8)7(11)12-2/h6H,3-5H2,1-2H3/t6-,8-,9-/m1/s1. The zero-order valence-electron chi connectivity index (χ0n) is 7.39. The number of fused-ring (bicyclic) bond motifs is 1. The molecule has 2 aliphatic carbocycles. The topological polar surface area (TPSA) is 26.3 Å². The Morgan fingerprint density at radius 3 is 2.67 bits per heavy atom. The molecule has 0 N–H and O–H groups in total. The molecular weight excluding hydrogens is 159 g/mol. The van der Waals surface area contributed by atoms with Crippen LogP contribution < -0.4 is 0 Å². The first-order valence-electron chi connectivity index (χ1n) is 4.33. The highest BCUT2D eigenvalue weighted by molar-refractivity contribution is 5.80. The number of hydrogen-bond donors (Lipinski definition) is 0. The van der Waals surface area contributed by atoms with Crippen LogP contribution in [-0.4, -0.2) is 18.7 Å². The van der Waals surface area contributed by atoms with Gasteiger partial charge in [-0.3, -0.25) is 4.79 Å². The van der Waals surface area contributed by atoms with Crippen molar-refractivity contribution >= 4 is 5.97 Å².